The van der Waals surface area contributed by atoms with E-state index in [9.17, 15) is 4.79 Å². The summed E-state index contributed by atoms with van der Waals surface area (Å²) in [5.41, 5.74) is 4.46. The van der Waals surface area contributed by atoms with Gasteiger partial charge < -0.3 is 0 Å². The van der Waals surface area contributed by atoms with E-state index in [0.717, 1.165) is 35.7 Å². The maximum absolute atomic E-state index is 13.7. The maximum Gasteiger partial charge on any atom is 0.245 e. The van der Waals surface area contributed by atoms with Crippen LogP contribution in [0.3, 0.4) is 0 Å². The molecule has 4 heteroatoms. The van der Waals surface area contributed by atoms with Gasteiger partial charge in [-0.05, 0) is 54.7 Å². The number of nitrogens with zero attached hydrogens (tertiary/aromatic N) is 2. The molecule has 2 aromatic carbocycles. The van der Waals surface area contributed by atoms with Gasteiger partial charge in [0.25, 0.3) is 0 Å². The molecule has 4 rings (SSSR count). The Balaban J connectivity index is 1.75. The van der Waals surface area contributed by atoms with Crippen LogP contribution in [0.2, 0.25) is 0 Å². The fourth-order valence-electron chi connectivity index (χ4n) is 3.53. The van der Waals surface area contributed by atoms with Gasteiger partial charge in [0.2, 0.25) is 5.91 Å². The second-order valence-corrected chi connectivity index (χ2v) is 7.84. The highest BCUT2D eigenvalue weighted by atomic mass is 32.2. The van der Waals surface area contributed by atoms with Gasteiger partial charge in [0.1, 0.15) is 0 Å². The maximum atomic E-state index is 13.7. The first-order valence-electron chi connectivity index (χ1n) is 9.35. The summed E-state index contributed by atoms with van der Waals surface area (Å²) in [7, 11) is 0. The predicted molar refractivity (Wildman–Crippen MR) is 112 cm³/mol. The third-order valence-electron chi connectivity index (χ3n) is 4.90. The van der Waals surface area contributed by atoms with E-state index in [1.165, 1.54) is 11.1 Å². The Kier molecular flexibility index (Phi) is 5.26. The van der Waals surface area contributed by atoms with Gasteiger partial charge in [-0.15, -0.1) is 0 Å². The molecule has 0 bridgehead atoms. The van der Waals surface area contributed by atoms with Gasteiger partial charge in [0.15, 0.2) is 0 Å². The van der Waals surface area contributed by atoms with Crippen molar-refractivity contribution in [2.45, 2.75) is 36.5 Å². The summed E-state index contributed by atoms with van der Waals surface area (Å²) in [4.78, 5) is 20.0. The van der Waals surface area contributed by atoms with Crippen LogP contribution in [0.4, 0.5) is 11.4 Å². The van der Waals surface area contributed by atoms with Gasteiger partial charge in [-0.25, -0.2) is 4.98 Å². The van der Waals surface area contributed by atoms with Crippen molar-refractivity contribution >= 4 is 29.0 Å². The minimum Gasteiger partial charge on any atom is -0.280 e. The summed E-state index contributed by atoms with van der Waals surface area (Å²) in [6.07, 6.45) is 4.42. The molecule has 2 heterocycles. The lowest BCUT2D eigenvalue weighted by Gasteiger charge is -2.28. The first kappa shape index (κ1) is 17.8. The summed E-state index contributed by atoms with van der Waals surface area (Å²) in [5, 5.41) is 0.702. The Labute approximate surface area is 164 Å². The van der Waals surface area contributed by atoms with Gasteiger partial charge in [-0.1, -0.05) is 61.2 Å². The van der Waals surface area contributed by atoms with Crippen molar-refractivity contribution in [3.63, 3.8) is 0 Å². The summed E-state index contributed by atoms with van der Waals surface area (Å²) in [6, 6.07) is 22.3. The van der Waals surface area contributed by atoms with Crippen molar-refractivity contribution in [2.75, 3.05) is 4.90 Å². The first-order chi connectivity index (χ1) is 13.3. The molecule has 3 aromatic rings. The zero-order chi connectivity index (χ0) is 18.6. The third-order valence-corrected chi connectivity index (χ3v) is 6.20. The number of thioether (sulfide) groups is 1. The van der Waals surface area contributed by atoms with Crippen LogP contribution in [-0.4, -0.2) is 16.1 Å². The molecule has 1 aliphatic heterocycles. The van der Waals surface area contributed by atoms with Crippen LogP contribution >= 0.6 is 11.8 Å². The molecule has 1 unspecified atom stereocenters. The van der Waals surface area contributed by atoms with Gasteiger partial charge in [-0.3, -0.25) is 9.69 Å². The zero-order valence-corrected chi connectivity index (χ0v) is 16.2. The highest BCUT2D eigenvalue weighted by Crippen LogP contribution is 2.38. The normalized spacial score (nSPS) is 14.0. The molecule has 0 N–H and O–H groups in total. The second-order valence-electron chi connectivity index (χ2n) is 6.61. The number of para-hydroxylation sites is 2. The van der Waals surface area contributed by atoms with Crippen molar-refractivity contribution in [1.82, 2.24) is 4.98 Å². The molecule has 0 radical (unpaired) electrons. The summed E-state index contributed by atoms with van der Waals surface area (Å²) in [5.74, 6) is 0.120. The van der Waals surface area contributed by atoms with E-state index in [1.54, 1.807) is 18.0 Å². The summed E-state index contributed by atoms with van der Waals surface area (Å²) in [6.45, 7) is 2.06. The van der Waals surface area contributed by atoms with Crippen LogP contribution in [-0.2, 0) is 17.6 Å². The molecule has 0 saturated heterocycles. The molecule has 0 fully saturated rings. The average Bonchev–Trinajstić information content (AvgIpc) is 2.89. The first-order valence-corrected chi connectivity index (χ1v) is 10.2. The van der Waals surface area contributed by atoms with Crippen molar-refractivity contribution < 1.29 is 4.79 Å². The number of fused-ring (bicyclic) bond motifs is 2. The monoisotopic (exact) mass is 374 g/mol. The number of benzene rings is 2. The number of carbonyl (C=O) groups excluding carboxylic acids is 1. The molecular formula is C23H22N2OS. The molecule has 1 atom stereocenters. The van der Waals surface area contributed by atoms with Crippen molar-refractivity contribution in [2.24, 2.45) is 0 Å². The molecule has 0 saturated carbocycles. The van der Waals surface area contributed by atoms with Gasteiger partial charge >= 0.3 is 0 Å². The van der Waals surface area contributed by atoms with Gasteiger partial charge in [0, 0.05) is 6.20 Å². The Bertz CT molecular complexity index is 894. The zero-order valence-electron chi connectivity index (χ0n) is 15.3. The molecule has 0 spiro atoms. The number of rotatable bonds is 4. The lowest BCUT2D eigenvalue weighted by atomic mass is 10.0. The van der Waals surface area contributed by atoms with E-state index in [4.69, 9.17) is 0 Å². The SMILES string of the molecule is CCC(Sc1ccccn1)C(=O)N1c2ccccc2CCc2ccccc21. The number of pyridine rings is 1. The number of aromatic nitrogens is 1. The van der Waals surface area contributed by atoms with Gasteiger partial charge in [-0.2, -0.15) is 0 Å². The van der Waals surface area contributed by atoms with E-state index in [-0.39, 0.29) is 11.2 Å². The number of anilines is 2. The van der Waals surface area contributed by atoms with Crippen LogP contribution in [0.25, 0.3) is 0 Å². The molecule has 136 valence electrons. The quantitative estimate of drug-likeness (QED) is 0.572. The Hall–Kier alpha value is -2.59. The molecular weight excluding hydrogens is 352 g/mol. The molecule has 0 aliphatic carbocycles. The Morgan fingerprint density at radius 2 is 1.56 bits per heavy atom. The van der Waals surface area contributed by atoms with Crippen LogP contribution in [0.1, 0.15) is 24.5 Å². The van der Waals surface area contributed by atoms with Crippen LogP contribution in [0.15, 0.2) is 78.0 Å². The number of hydrogen-bond acceptors (Lipinski definition) is 3. The fourth-order valence-corrected chi connectivity index (χ4v) is 4.48. The average molecular weight is 375 g/mol. The standard InChI is InChI=1S/C23H22N2OS/c1-2-21(27-22-13-7-8-16-24-22)23(26)25-19-11-5-3-9-17(19)14-15-18-10-4-6-12-20(18)25/h3-13,16,21H,2,14-15H2,1H3. The summed E-state index contributed by atoms with van der Waals surface area (Å²) < 4.78 is 0. The predicted octanol–water partition coefficient (Wildman–Crippen LogP) is 5.42. The number of carbonyl (C=O) groups is 1. The van der Waals surface area contributed by atoms with Crippen LogP contribution < -0.4 is 4.90 Å². The van der Waals surface area contributed by atoms with E-state index in [1.807, 2.05) is 35.2 Å². The minimum atomic E-state index is -0.181. The van der Waals surface area contributed by atoms with Gasteiger partial charge in [0.05, 0.1) is 21.7 Å². The number of aryl methyl sites for hydroxylation is 2. The highest BCUT2D eigenvalue weighted by molar-refractivity contribution is 8.00. The van der Waals surface area contributed by atoms with Crippen molar-refractivity contribution in [3.8, 4) is 0 Å². The molecule has 27 heavy (non-hydrogen) atoms. The van der Waals surface area contributed by atoms with E-state index < -0.39 is 0 Å². The smallest absolute Gasteiger partial charge is 0.245 e. The Morgan fingerprint density at radius 1 is 0.963 bits per heavy atom. The molecule has 1 amide bonds. The van der Waals surface area contributed by atoms with Crippen LogP contribution in [0.5, 0.6) is 0 Å². The molecule has 1 aliphatic rings. The van der Waals surface area contributed by atoms with E-state index in [0.29, 0.717) is 0 Å². The lowest BCUT2D eigenvalue weighted by molar-refractivity contribution is -0.117. The van der Waals surface area contributed by atoms with E-state index >= 15 is 0 Å². The van der Waals surface area contributed by atoms with Crippen molar-refractivity contribution in [3.05, 3.63) is 84.1 Å². The Morgan fingerprint density at radius 3 is 2.11 bits per heavy atom. The molecule has 3 nitrogen and oxygen atoms in total. The highest BCUT2D eigenvalue weighted by Gasteiger charge is 2.30. The largest absolute Gasteiger partial charge is 0.280 e. The van der Waals surface area contributed by atoms with Crippen LogP contribution in [0, 0.1) is 0 Å². The number of amides is 1. The van der Waals surface area contributed by atoms with Crippen molar-refractivity contribution in [1.29, 1.82) is 0 Å². The summed E-state index contributed by atoms with van der Waals surface area (Å²) >= 11 is 1.54. The third kappa shape index (κ3) is 3.62. The lowest BCUT2D eigenvalue weighted by Crippen LogP contribution is -2.34. The second kappa shape index (κ2) is 7.97. The fraction of sp³-hybridized carbons (Fsp3) is 0.217. The number of hydrogen-bond donors (Lipinski definition) is 0. The van der Waals surface area contributed by atoms with E-state index in [2.05, 4.69) is 48.3 Å². The minimum absolute atomic E-state index is 0.120. The topological polar surface area (TPSA) is 33.2 Å². The molecule has 1 aromatic heterocycles.